The standard InChI is InChI=1S/C36H52N2O3/c1-21(2)29-25(39)20-36(38-31(41)23-13-18-37-22(3)19-23)17-16-34(7)24(30(29)36)9-10-27-33(6)14-12-28(40)32(4,5)26(33)11-15-35(27,34)8/h13,18-19,21,24,26-28,40H,9-12,14-17,20H2,1-8H3,(H,38,41)/t24-,26+,27-,28+,33+,34-,35-,36-/m1/s1. The molecule has 8 atom stereocenters. The summed E-state index contributed by atoms with van der Waals surface area (Å²) in [5, 5.41) is 14.5. The zero-order valence-corrected chi connectivity index (χ0v) is 26.7. The molecule has 0 saturated heterocycles. The fourth-order valence-corrected chi connectivity index (χ4v) is 11.7. The summed E-state index contributed by atoms with van der Waals surface area (Å²) in [6.07, 6.45) is 10.3. The normalized spacial score (nSPS) is 43.2. The largest absolute Gasteiger partial charge is 0.393 e. The van der Waals surface area contributed by atoms with Crippen molar-refractivity contribution in [3.8, 4) is 0 Å². The topological polar surface area (TPSA) is 79.3 Å². The highest BCUT2D eigenvalue weighted by Gasteiger charge is 2.70. The zero-order chi connectivity index (χ0) is 29.8. The summed E-state index contributed by atoms with van der Waals surface area (Å²) in [6.45, 7) is 18.5. The van der Waals surface area contributed by atoms with Crippen molar-refractivity contribution in [1.82, 2.24) is 10.3 Å². The van der Waals surface area contributed by atoms with Crippen LogP contribution in [-0.4, -0.2) is 33.4 Å². The molecule has 0 spiro atoms. The lowest BCUT2D eigenvalue weighted by Gasteiger charge is -2.72. The second kappa shape index (κ2) is 9.24. The lowest BCUT2D eigenvalue weighted by Crippen LogP contribution is -2.67. The number of hydrogen-bond acceptors (Lipinski definition) is 4. The minimum atomic E-state index is -0.587. The van der Waals surface area contributed by atoms with Crippen molar-refractivity contribution < 1.29 is 14.7 Å². The highest BCUT2D eigenvalue weighted by molar-refractivity contribution is 6.03. The van der Waals surface area contributed by atoms with Gasteiger partial charge in [0.1, 0.15) is 0 Å². The third kappa shape index (κ3) is 3.85. The van der Waals surface area contributed by atoms with Gasteiger partial charge in [-0.15, -0.1) is 0 Å². The van der Waals surface area contributed by atoms with Gasteiger partial charge >= 0.3 is 0 Å². The Labute approximate surface area is 247 Å². The maximum Gasteiger partial charge on any atom is 0.252 e. The second-order valence-electron chi connectivity index (χ2n) is 16.3. The van der Waals surface area contributed by atoms with E-state index in [1.165, 1.54) is 12.0 Å². The lowest BCUT2D eigenvalue weighted by molar-refractivity contribution is -0.226. The number of aromatic nitrogens is 1. The Bertz CT molecular complexity index is 1310. The number of amides is 1. The number of allylic oxidation sites excluding steroid dienone is 1. The van der Waals surface area contributed by atoms with Crippen LogP contribution in [0, 0.1) is 52.3 Å². The Hall–Kier alpha value is -2.01. The van der Waals surface area contributed by atoms with Crippen LogP contribution in [0.25, 0.3) is 0 Å². The van der Waals surface area contributed by atoms with Crippen LogP contribution in [0.4, 0.5) is 0 Å². The molecule has 4 fully saturated rings. The van der Waals surface area contributed by atoms with Gasteiger partial charge in [0, 0.05) is 23.9 Å². The number of rotatable bonds is 3. The van der Waals surface area contributed by atoms with Gasteiger partial charge in [-0.1, -0.05) is 48.5 Å². The molecule has 0 bridgehead atoms. The molecule has 0 aliphatic heterocycles. The summed E-state index contributed by atoms with van der Waals surface area (Å²) >= 11 is 0. The Kier molecular flexibility index (Phi) is 6.56. The van der Waals surface area contributed by atoms with E-state index in [-0.39, 0.29) is 45.4 Å². The first-order valence-corrected chi connectivity index (χ1v) is 16.3. The molecule has 6 rings (SSSR count). The Balaban J connectivity index is 1.41. The molecule has 1 aromatic heterocycles. The molecule has 0 unspecified atom stereocenters. The van der Waals surface area contributed by atoms with Crippen LogP contribution < -0.4 is 5.32 Å². The van der Waals surface area contributed by atoms with Crippen LogP contribution in [0.1, 0.15) is 122 Å². The van der Waals surface area contributed by atoms with Gasteiger partial charge in [-0.3, -0.25) is 14.6 Å². The van der Waals surface area contributed by atoms with Crippen molar-refractivity contribution >= 4 is 11.7 Å². The van der Waals surface area contributed by atoms with Gasteiger partial charge in [0.2, 0.25) is 0 Å². The number of Topliss-reactive ketones (excluding diaryl/α,β-unsaturated/α-hetero) is 1. The van der Waals surface area contributed by atoms with Crippen molar-refractivity contribution in [2.45, 2.75) is 125 Å². The van der Waals surface area contributed by atoms with Crippen LogP contribution in [-0.2, 0) is 4.79 Å². The van der Waals surface area contributed by atoms with Gasteiger partial charge < -0.3 is 10.4 Å². The zero-order valence-electron chi connectivity index (χ0n) is 26.7. The van der Waals surface area contributed by atoms with Crippen molar-refractivity contribution in [1.29, 1.82) is 0 Å². The summed E-state index contributed by atoms with van der Waals surface area (Å²) in [5.74, 6) is 1.70. The van der Waals surface area contributed by atoms with E-state index in [1.807, 2.05) is 13.0 Å². The Morgan fingerprint density at radius 2 is 1.71 bits per heavy atom. The minimum absolute atomic E-state index is 0.0609. The Morgan fingerprint density at radius 3 is 2.39 bits per heavy atom. The average Bonchev–Trinajstić information content (AvgIpc) is 3.19. The third-order valence-corrected chi connectivity index (χ3v) is 13.9. The number of pyridine rings is 1. The maximum atomic E-state index is 13.8. The minimum Gasteiger partial charge on any atom is -0.393 e. The molecule has 5 heteroatoms. The van der Waals surface area contributed by atoms with Crippen LogP contribution in [0.5, 0.6) is 0 Å². The number of aryl methyl sites for hydroxylation is 1. The molecule has 0 radical (unpaired) electrons. The number of hydrogen-bond donors (Lipinski definition) is 2. The first-order valence-electron chi connectivity index (χ1n) is 16.3. The molecule has 1 amide bonds. The summed E-state index contributed by atoms with van der Waals surface area (Å²) < 4.78 is 0. The van der Waals surface area contributed by atoms with E-state index in [1.54, 1.807) is 12.3 Å². The molecule has 224 valence electrons. The Morgan fingerprint density at radius 1 is 0.976 bits per heavy atom. The van der Waals surface area contributed by atoms with Gasteiger partial charge in [0.15, 0.2) is 5.78 Å². The smallest absolute Gasteiger partial charge is 0.252 e. The van der Waals surface area contributed by atoms with Crippen LogP contribution >= 0.6 is 0 Å². The van der Waals surface area contributed by atoms with Crippen molar-refractivity contribution in [3.05, 3.63) is 40.7 Å². The van der Waals surface area contributed by atoms with Crippen molar-refractivity contribution in [2.24, 2.45) is 45.3 Å². The predicted molar refractivity (Wildman–Crippen MR) is 162 cm³/mol. The van der Waals surface area contributed by atoms with Gasteiger partial charge in [-0.05, 0) is 127 Å². The van der Waals surface area contributed by atoms with Crippen LogP contribution in [0.2, 0.25) is 0 Å². The molecular formula is C36H52N2O3. The van der Waals surface area contributed by atoms with Crippen LogP contribution in [0.3, 0.4) is 0 Å². The number of aliphatic hydroxyl groups is 1. The summed E-state index contributed by atoms with van der Waals surface area (Å²) in [6, 6.07) is 3.62. The number of aliphatic hydroxyl groups excluding tert-OH is 1. The van der Waals surface area contributed by atoms with E-state index in [9.17, 15) is 14.7 Å². The first-order chi connectivity index (χ1) is 19.1. The number of ketones is 1. The molecule has 5 aliphatic carbocycles. The first kappa shape index (κ1) is 29.1. The summed E-state index contributed by atoms with van der Waals surface area (Å²) in [7, 11) is 0. The molecule has 5 nitrogen and oxygen atoms in total. The highest BCUT2D eigenvalue weighted by Crippen LogP contribution is 2.75. The third-order valence-electron chi connectivity index (χ3n) is 13.9. The van der Waals surface area contributed by atoms with E-state index < -0.39 is 5.54 Å². The fraction of sp³-hybridized carbons (Fsp3) is 0.750. The quantitative estimate of drug-likeness (QED) is 0.409. The predicted octanol–water partition coefficient (Wildman–Crippen LogP) is 7.21. The highest BCUT2D eigenvalue weighted by atomic mass is 16.3. The monoisotopic (exact) mass is 560 g/mol. The second-order valence-corrected chi connectivity index (χ2v) is 16.3. The summed E-state index contributed by atoms with van der Waals surface area (Å²) in [4.78, 5) is 31.8. The van der Waals surface area contributed by atoms with Crippen molar-refractivity contribution in [2.75, 3.05) is 0 Å². The molecule has 0 aromatic carbocycles. The van der Waals surface area contributed by atoms with Gasteiger partial charge in [-0.2, -0.15) is 0 Å². The average molecular weight is 561 g/mol. The van der Waals surface area contributed by atoms with Crippen LogP contribution in [0.15, 0.2) is 29.5 Å². The van der Waals surface area contributed by atoms with E-state index >= 15 is 0 Å². The number of nitrogens with one attached hydrogen (secondary N) is 1. The molecule has 41 heavy (non-hydrogen) atoms. The van der Waals surface area contributed by atoms with E-state index in [4.69, 9.17) is 0 Å². The fourth-order valence-electron chi connectivity index (χ4n) is 11.7. The number of nitrogens with zero attached hydrogens (tertiary/aromatic N) is 1. The van der Waals surface area contributed by atoms with E-state index in [2.05, 4.69) is 58.8 Å². The van der Waals surface area contributed by atoms with Gasteiger partial charge in [0.05, 0.1) is 11.6 Å². The van der Waals surface area contributed by atoms with E-state index in [0.717, 1.165) is 56.2 Å². The molecular weight excluding hydrogens is 508 g/mol. The van der Waals surface area contributed by atoms with Crippen molar-refractivity contribution in [3.63, 3.8) is 0 Å². The van der Waals surface area contributed by atoms with Gasteiger partial charge in [0.25, 0.3) is 5.91 Å². The lowest BCUT2D eigenvalue weighted by atomic mass is 9.33. The molecule has 1 aromatic rings. The van der Waals surface area contributed by atoms with E-state index in [0.29, 0.717) is 29.7 Å². The molecule has 2 N–H and O–H groups in total. The maximum absolute atomic E-state index is 13.8. The van der Waals surface area contributed by atoms with Gasteiger partial charge in [-0.25, -0.2) is 0 Å². The number of carbonyl (C=O) groups is 2. The molecule has 1 heterocycles. The number of fused-ring (bicyclic) bond motifs is 7. The molecule has 5 aliphatic rings. The SMILES string of the molecule is Cc1cc(C(=O)N[C@@]23CC[C@]4(C)[C@H](CC[C@@H]5[C@@]6(C)CC[C@H](O)C(C)(C)[C@@H]6CC[C@]54C)C2=C(C(C)C)C(=O)C3)ccn1. The number of carbonyl (C=O) groups excluding carboxylic acids is 2. The molecule has 4 saturated carbocycles. The summed E-state index contributed by atoms with van der Waals surface area (Å²) in [5.41, 5.74) is 3.49.